The van der Waals surface area contributed by atoms with Crippen LogP contribution in [-0.2, 0) is 15.4 Å². The predicted molar refractivity (Wildman–Crippen MR) is 126 cm³/mol. The van der Waals surface area contributed by atoms with Crippen LogP contribution < -0.4 is 4.72 Å². The van der Waals surface area contributed by atoms with Crippen LogP contribution in [0.2, 0.25) is 5.02 Å². The number of halogens is 1. The van der Waals surface area contributed by atoms with Crippen LogP contribution in [0.25, 0.3) is 11.4 Å². The SMILES string of the molecule is CCC(C)n1cnnc1-c1cc(Cl)c(C)cc1NS(=O)(=O)c1ccc(C(C)(C)C)cc1. The number of rotatable bonds is 6. The van der Waals surface area contributed by atoms with Crippen LogP contribution in [-0.4, -0.2) is 23.2 Å². The largest absolute Gasteiger partial charge is 0.311 e. The molecule has 0 radical (unpaired) electrons. The smallest absolute Gasteiger partial charge is 0.261 e. The summed E-state index contributed by atoms with van der Waals surface area (Å²) in [6.45, 7) is 12.2. The van der Waals surface area contributed by atoms with Gasteiger partial charge in [0.15, 0.2) is 5.82 Å². The van der Waals surface area contributed by atoms with Crippen molar-refractivity contribution in [1.82, 2.24) is 14.8 Å². The number of hydrogen-bond donors (Lipinski definition) is 1. The van der Waals surface area contributed by atoms with E-state index < -0.39 is 10.0 Å². The first kappa shape index (κ1) is 23.3. The van der Waals surface area contributed by atoms with Crippen molar-refractivity contribution in [2.24, 2.45) is 0 Å². The molecule has 0 amide bonds. The molecular weight excluding hydrogens is 432 g/mol. The number of anilines is 1. The van der Waals surface area contributed by atoms with Crippen LogP contribution >= 0.6 is 11.6 Å². The molecule has 1 N–H and O–H groups in total. The van der Waals surface area contributed by atoms with Crippen molar-refractivity contribution in [3.05, 3.63) is 58.9 Å². The number of sulfonamides is 1. The fourth-order valence-electron chi connectivity index (χ4n) is 3.24. The van der Waals surface area contributed by atoms with Gasteiger partial charge in [0.25, 0.3) is 10.0 Å². The second kappa shape index (κ2) is 8.63. The molecule has 3 aromatic rings. The molecule has 0 spiro atoms. The van der Waals surface area contributed by atoms with Gasteiger partial charge in [-0.3, -0.25) is 4.72 Å². The zero-order chi connectivity index (χ0) is 23.0. The van der Waals surface area contributed by atoms with Crippen molar-refractivity contribution in [3.63, 3.8) is 0 Å². The third-order valence-electron chi connectivity index (χ3n) is 5.45. The van der Waals surface area contributed by atoms with Crippen molar-refractivity contribution >= 4 is 27.3 Å². The Balaban J connectivity index is 2.06. The van der Waals surface area contributed by atoms with E-state index in [0.717, 1.165) is 17.5 Å². The number of hydrogen-bond acceptors (Lipinski definition) is 4. The van der Waals surface area contributed by atoms with Crippen molar-refractivity contribution < 1.29 is 8.42 Å². The highest BCUT2D eigenvalue weighted by Gasteiger charge is 2.22. The van der Waals surface area contributed by atoms with Crippen LogP contribution in [0, 0.1) is 6.92 Å². The Morgan fingerprint density at radius 3 is 2.39 bits per heavy atom. The summed E-state index contributed by atoms with van der Waals surface area (Å²) in [4.78, 5) is 0.197. The molecule has 3 rings (SSSR count). The highest BCUT2D eigenvalue weighted by atomic mass is 35.5. The van der Waals surface area contributed by atoms with E-state index in [1.165, 1.54) is 0 Å². The maximum absolute atomic E-state index is 13.2. The zero-order valence-electron chi connectivity index (χ0n) is 18.8. The van der Waals surface area contributed by atoms with E-state index in [0.29, 0.717) is 22.1 Å². The first-order valence-electron chi connectivity index (χ1n) is 10.3. The van der Waals surface area contributed by atoms with Gasteiger partial charge in [-0.2, -0.15) is 0 Å². The van der Waals surface area contributed by atoms with Gasteiger partial charge in [0, 0.05) is 16.6 Å². The normalized spacial score (nSPS) is 13.3. The van der Waals surface area contributed by atoms with Crippen molar-refractivity contribution in [1.29, 1.82) is 0 Å². The maximum atomic E-state index is 13.2. The zero-order valence-corrected chi connectivity index (χ0v) is 20.3. The number of nitrogens with zero attached hydrogens (tertiary/aromatic N) is 3. The molecule has 6 nitrogen and oxygen atoms in total. The van der Waals surface area contributed by atoms with Gasteiger partial charge in [-0.05, 0) is 61.1 Å². The Morgan fingerprint density at radius 2 is 1.81 bits per heavy atom. The fraction of sp³-hybridized carbons (Fsp3) is 0.391. The van der Waals surface area contributed by atoms with Gasteiger partial charge in [0.2, 0.25) is 0 Å². The molecule has 0 aliphatic carbocycles. The molecule has 0 bridgehead atoms. The second-order valence-corrected chi connectivity index (χ2v) is 10.9. The number of nitrogens with one attached hydrogen (secondary N) is 1. The van der Waals surface area contributed by atoms with E-state index in [9.17, 15) is 8.42 Å². The average Bonchev–Trinajstić information content (AvgIpc) is 3.19. The Morgan fingerprint density at radius 1 is 1.16 bits per heavy atom. The Hall–Kier alpha value is -2.38. The number of aromatic nitrogens is 3. The summed E-state index contributed by atoms with van der Waals surface area (Å²) in [5.74, 6) is 0.567. The fourth-order valence-corrected chi connectivity index (χ4v) is 4.48. The Bertz CT molecular complexity index is 1180. The molecule has 1 atom stereocenters. The second-order valence-electron chi connectivity index (χ2n) is 8.85. The van der Waals surface area contributed by atoms with Crippen LogP contribution in [0.3, 0.4) is 0 Å². The molecule has 0 saturated heterocycles. The van der Waals surface area contributed by atoms with Gasteiger partial charge < -0.3 is 4.57 Å². The molecule has 1 heterocycles. The van der Waals surface area contributed by atoms with E-state index in [1.54, 1.807) is 30.6 Å². The van der Waals surface area contributed by atoms with Crippen LogP contribution in [0.4, 0.5) is 5.69 Å². The minimum absolute atomic E-state index is 0.0593. The maximum Gasteiger partial charge on any atom is 0.261 e. The first-order chi connectivity index (χ1) is 14.4. The highest BCUT2D eigenvalue weighted by molar-refractivity contribution is 7.92. The van der Waals surface area contributed by atoms with Crippen LogP contribution in [0.1, 0.15) is 58.2 Å². The predicted octanol–water partition coefficient (Wildman–Crippen LogP) is 5.98. The van der Waals surface area contributed by atoms with Gasteiger partial charge in [0.1, 0.15) is 6.33 Å². The van der Waals surface area contributed by atoms with Crippen molar-refractivity contribution in [3.8, 4) is 11.4 Å². The first-order valence-corrected chi connectivity index (χ1v) is 12.1. The summed E-state index contributed by atoms with van der Waals surface area (Å²) in [5.41, 5.74) is 2.77. The van der Waals surface area contributed by atoms with E-state index in [1.807, 2.05) is 23.6 Å². The highest BCUT2D eigenvalue weighted by Crippen LogP contribution is 2.35. The molecule has 2 aromatic carbocycles. The summed E-state index contributed by atoms with van der Waals surface area (Å²) in [6, 6.07) is 10.6. The van der Waals surface area contributed by atoms with E-state index in [4.69, 9.17) is 11.6 Å². The quantitative estimate of drug-likeness (QED) is 0.491. The van der Waals surface area contributed by atoms with E-state index in [2.05, 4.69) is 49.5 Å². The van der Waals surface area contributed by atoms with E-state index in [-0.39, 0.29) is 16.4 Å². The molecule has 31 heavy (non-hydrogen) atoms. The summed E-state index contributed by atoms with van der Waals surface area (Å²) in [7, 11) is -3.81. The molecule has 0 fully saturated rings. The van der Waals surface area contributed by atoms with Crippen molar-refractivity contribution in [2.45, 2.75) is 64.3 Å². The third-order valence-corrected chi connectivity index (χ3v) is 7.24. The van der Waals surface area contributed by atoms with E-state index >= 15 is 0 Å². The lowest BCUT2D eigenvalue weighted by molar-refractivity contribution is 0.534. The van der Waals surface area contributed by atoms with Crippen molar-refractivity contribution in [2.75, 3.05) is 4.72 Å². The molecule has 1 aromatic heterocycles. The lowest BCUT2D eigenvalue weighted by Gasteiger charge is -2.20. The lowest BCUT2D eigenvalue weighted by atomic mass is 9.87. The average molecular weight is 461 g/mol. The van der Waals surface area contributed by atoms with Crippen LogP contribution in [0.15, 0.2) is 47.6 Å². The van der Waals surface area contributed by atoms with Gasteiger partial charge >= 0.3 is 0 Å². The Kier molecular flexibility index (Phi) is 6.48. The minimum Gasteiger partial charge on any atom is -0.311 e. The van der Waals surface area contributed by atoms with Gasteiger partial charge in [-0.1, -0.05) is 51.4 Å². The topological polar surface area (TPSA) is 76.9 Å². The molecule has 0 saturated carbocycles. The summed E-state index contributed by atoms with van der Waals surface area (Å²) in [5, 5.41) is 8.82. The minimum atomic E-state index is -3.81. The Labute approximate surface area is 189 Å². The summed E-state index contributed by atoms with van der Waals surface area (Å²) < 4.78 is 31.0. The summed E-state index contributed by atoms with van der Waals surface area (Å²) >= 11 is 6.38. The summed E-state index contributed by atoms with van der Waals surface area (Å²) in [6.07, 6.45) is 2.53. The molecule has 166 valence electrons. The van der Waals surface area contributed by atoms with Gasteiger partial charge in [-0.25, -0.2) is 8.42 Å². The third kappa shape index (κ3) is 4.93. The lowest BCUT2D eigenvalue weighted by Crippen LogP contribution is -2.16. The van der Waals surface area contributed by atoms with Crippen LogP contribution in [0.5, 0.6) is 0 Å². The number of benzene rings is 2. The number of aryl methyl sites for hydroxylation is 1. The molecule has 1 unspecified atom stereocenters. The molecule has 0 aliphatic rings. The monoisotopic (exact) mass is 460 g/mol. The van der Waals surface area contributed by atoms with Gasteiger partial charge in [-0.15, -0.1) is 10.2 Å². The van der Waals surface area contributed by atoms with Gasteiger partial charge in [0.05, 0.1) is 10.6 Å². The molecule has 8 heteroatoms. The standard InChI is InChI=1S/C23H29ClN4O2S/c1-7-16(3)28-14-25-26-22(28)19-13-20(24)15(2)12-21(19)27-31(29,30)18-10-8-17(9-11-18)23(4,5)6/h8-14,16,27H,7H2,1-6H3. The molecule has 0 aliphatic heterocycles. The molecular formula is C23H29ClN4O2S.